The standard InChI is InChI=1S/C21H17NO7/c1-3-22-10-15(19(23)14-8-17-18(9-16(14)22)28-11-27-17)21(25)29-13-6-4-12(5-7-13)20(24)26-2/h4-10H,3,11H2,1-2H3. The molecule has 29 heavy (non-hydrogen) atoms. The Balaban J connectivity index is 1.70. The van der Waals surface area contributed by atoms with E-state index in [0.717, 1.165) is 0 Å². The quantitative estimate of drug-likeness (QED) is 0.495. The third-order valence-corrected chi connectivity index (χ3v) is 4.62. The van der Waals surface area contributed by atoms with Gasteiger partial charge in [0.15, 0.2) is 11.5 Å². The third kappa shape index (κ3) is 3.29. The number of ether oxygens (including phenoxy) is 4. The first-order valence-corrected chi connectivity index (χ1v) is 8.89. The van der Waals surface area contributed by atoms with Gasteiger partial charge in [-0.2, -0.15) is 0 Å². The van der Waals surface area contributed by atoms with E-state index in [4.69, 9.17) is 14.2 Å². The van der Waals surface area contributed by atoms with Crippen LogP contribution >= 0.6 is 0 Å². The third-order valence-electron chi connectivity index (χ3n) is 4.62. The zero-order chi connectivity index (χ0) is 20.5. The fourth-order valence-corrected chi connectivity index (χ4v) is 3.13. The van der Waals surface area contributed by atoms with Crippen LogP contribution in [-0.4, -0.2) is 30.4 Å². The molecule has 1 aliphatic heterocycles. The Morgan fingerprint density at radius 2 is 1.76 bits per heavy atom. The van der Waals surface area contributed by atoms with Crippen molar-refractivity contribution in [3.05, 3.63) is 63.9 Å². The van der Waals surface area contributed by atoms with E-state index in [1.165, 1.54) is 37.6 Å². The molecule has 0 N–H and O–H groups in total. The van der Waals surface area contributed by atoms with Crippen molar-refractivity contribution in [3.63, 3.8) is 0 Å². The zero-order valence-electron chi connectivity index (χ0n) is 15.8. The number of carbonyl (C=O) groups excluding carboxylic acids is 2. The maximum atomic E-state index is 12.9. The maximum absolute atomic E-state index is 12.9. The summed E-state index contributed by atoms with van der Waals surface area (Å²) in [6.07, 6.45) is 1.47. The number of carbonyl (C=O) groups is 2. The number of esters is 2. The molecule has 0 radical (unpaired) electrons. The van der Waals surface area contributed by atoms with Crippen molar-refractivity contribution in [2.75, 3.05) is 13.9 Å². The van der Waals surface area contributed by atoms with Gasteiger partial charge in [-0.1, -0.05) is 0 Å². The van der Waals surface area contributed by atoms with E-state index in [9.17, 15) is 14.4 Å². The van der Waals surface area contributed by atoms with Crippen LogP contribution in [0.2, 0.25) is 0 Å². The molecule has 148 valence electrons. The average Bonchev–Trinajstić information content (AvgIpc) is 3.20. The minimum atomic E-state index is -0.789. The highest BCUT2D eigenvalue weighted by molar-refractivity contribution is 5.96. The van der Waals surface area contributed by atoms with Crippen LogP contribution in [0.5, 0.6) is 17.2 Å². The summed E-state index contributed by atoms with van der Waals surface area (Å²) in [7, 11) is 1.28. The second-order valence-electron chi connectivity index (χ2n) is 6.29. The fourth-order valence-electron chi connectivity index (χ4n) is 3.13. The van der Waals surface area contributed by atoms with E-state index in [-0.39, 0.29) is 18.1 Å². The number of hydrogen-bond acceptors (Lipinski definition) is 7. The molecule has 2 aromatic carbocycles. The molecular formula is C21H17NO7. The van der Waals surface area contributed by atoms with E-state index < -0.39 is 17.4 Å². The van der Waals surface area contributed by atoms with E-state index in [1.54, 1.807) is 16.7 Å². The lowest BCUT2D eigenvalue weighted by Crippen LogP contribution is -2.22. The maximum Gasteiger partial charge on any atom is 0.349 e. The minimum Gasteiger partial charge on any atom is -0.465 e. The molecule has 0 fully saturated rings. The number of fused-ring (bicyclic) bond motifs is 2. The molecule has 2 heterocycles. The topological polar surface area (TPSA) is 93.1 Å². The highest BCUT2D eigenvalue weighted by Gasteiger charge is 2.21. The van der Waals surface area contributed by atoms with E-state index >= 15 is 0 Å². The number of rotatable bonds is 4. The molecule has 4 rings (SSSR count). The molecule has 0 aliphatic carbocycles. The summed E-state index contributed by atoms with van der Waals surface area (Å²) in [5.41, 5.74) is 0.401. The highest BCUT2D eigenvalue weighted by atomic mass is 16.7. The summed E-state index contributed by atoms with van der Waals surface area (Å²) >= 11 is 0. The van der Waals surface area contributed by atoms with Crippen LogP contribution in [0.4, 0.5) is 0 Å². The van der Waals surface area contributed by atoms with Gasteiger partial charge in [0.2, 0.25) is 12.2 Å². The highest BCUT2D eigenvalue weighted by Crippen LogP contribution is 2.35. The molecule has 3 aromatic rings. The Labute approximate surface area is 165 Å². The lowest BCUT2D eigenvalue weighted by molar-refractivity contribution is 0.0600. The Hall–Kier alpha value is -3.81. The molecule has 1 aromatic heterocycles. The molecule has 0 saturated carbocycles. The van der Waals surface area contributed by atoms with Crippen molar-refractivity contribution in [2.24, 2.45) is 0 Å². The number of pyridine rings is 1. The van der Waals surface area contributed by atoms with E-state index in [2.05, 4.69) is 4.74 Å². The smallest absolute Gasteiger partial charge is 0.349 e. The predicted molar refractivity (Wildman–Crippen MR) is 103 cm³/mol. The summed E-state index contributed by atoms with van der Waals surface area (Å²) < 4.78 is 22.5. The first-order chi connectivity index (χ1) is 14.0. The van der Waals surface area contributed by atoms with Crippen LogP contribution in [0.15, 0.2) is 47.4 Å². The zero-order valence-corrected chi connectivity index (χ0v) is 15.8. The summed E-state index contributed by atoms with van der Waals surface area (Å²) in [4.78, 5) is 37.1. The van der Waals surface area contributed by atoms with Crippen molar-refractivity contribution >= 4 is 22.8 Å². The van der Waals surface area contributed by atoms with Gasteiger partial charge in [-0.15, -0.1) is 0 Å². The largest absolute Gasteiger partial charge is 0.465 e. The number of aromatic nitrogens is 1. The van der Waals surface area contributed by atoms with Crippen LogP contribution in [0.25, 0.3) is 10.9 Å². The molecule has 0 atom stereocenters. The molecule has 8 heteroatoms. The molecule has 0 bridgehead atoms. The minimum absolute atomic E-state index is 0.0858. The van der Waals surface area contributed by atoms with Crippen molar-refractivity contribution in [1.82, 2.24) is 4.57 Å². The normalized spacial score (nSPS) is 12.1. The van der Waals surface area contributed by atoms with Crippen LogP contribution in [0.1, 0.15) is 27.6 Å². The van der Waals surface area contributed by atoms with Crippen molar-refractivity contribution in [1.29, 1.82) is 0 Å². The first-order valence-electron chi connectivity index (χ1n) is 8.89. The monoisotopic (exact) mass is 395 g/mol. The van der Waals surface area contributed by atoms with Gasteiger partial charge in [0.25, 0.3) is 0 Å². The summed E-state index contributed by atoms with van der Waals surface area (Å²) in [6.45, 7) is 2.52. The molecule has 0 unspecified atom stereocenters. The molecule has 0 saturated heterocycles. The number of aryl methyl sites for hydroxylation is 1. The molecule has 1 aliphatic rings. The fraction of sp³-hybridized carbons (Fsp3) is 0.190. The second kappa shape index (κ2) is 7.31. The molecule has 0 amide bonds. The van der Waals surface area contributed by atoms with Crippen LogP contribution in [0.3, 0.4) is 0 Å². The Bertz CT molecular complexity index is 1180. The van der Waals surface area contributed by atoms with Gasteiger partial charge in [-0.3, -0.25) is 4.79 Å². The number of hydrogen-bond donors (Lipinski definition) is 0. The van der Waals surface area contributed by atoms with Crippen molar-refractivity contribution in [3.8, 4) is 17.2 Å². The van der Waals surface area contributed by atoms with Crippen LogP contribution in [-0.2, 0) is 11.3 Å². The van der Waals surface area contributed by atoms with Crippen LogP contribution in [0, 0.1) is 0 Å². The summed E-state index contributed by atoms with van der Waals surface area (Å²) in [5.74, 6) is -0.0678. The second-order valence-corrected chi connectivity index (χ2v) is 6.29. The van der Waals surface area contributed by atoms with Gasteiger partial charge in [-0.25, -0.2) is 9.59 Å². The summed E-state index contributed by atoms with van der Waals surface area (Å²) in [6, 6.07) is 9.17. The predicted octanol–water partition coefficient (Wildman–Crippen LogP) is 2.76. The molecule has 8 nitrogen and oxygen atoms in total. The number of nitrogens with zero attached hydrogens (tertiary/aromatic N) is 1. The Kier molecular flexibility index (Phi) is 4.67. The lowest BCUT2D eigenvalue weighted by atomic mass is 10.1. The Morgan fingerprint density at radius 1 is 1.07 bits per heavy atom. The van der Waals surface area contributed by atoms with Gasteiger partial charge < -0.3 is 23.5 Å². The molecular weight excluding hydrogens is 378 g/mol. The summed E-state index contributed by atoms with van der Waals surface area (Å²) in [5, 5.41) is 0.339. The van der Waals surface area contributed by atoms with Crippen molar-refractivity contribution in [2.45, 2.75) is 13.5 Å². The number of methoxy groups -OCH3 is 1. The van der Waals surface area contributed by atoms with Gasteiger partial charge in [0.1, 0.15) is 11.3 Å². The lowest BCUT2D eigenvalue weighted by Gasteiger charge is -2.12. The SMILES string of the molecule is CCn1cc(C(=O)Oc2ccc(C(=O)OC)cc2)c(=O)c2cc3c(cc21)OCO3. The molecule has 0 spiro atoms. The van der Waals surface area contributed by atoms with Crippen LogP contribution < -0.4 is 19.6 Å². The van der Waals surface area contributed by atoms with Gasteiger partial charge in [-0.05, 0) is 37.3 Å². The first kappa shape index (κ1) is 18.5. The Morgan fingerprint density at radius 3 is 2.41 bits per heavy atom. The van der Waals surface area contributed by atoms with E-state index in [1.807, 2.05) is 6.92 Å². The van der Waals surface area contributed by atoms with Gasteiger partial charge in [0, 0.05) is 18.8 Å². The number of benzene rings is 2. The van der Waals surface area contributed by atoms with E-state index in [0.29, 0.717) is 34.5 Å². The average molecular weight is 395 g/mol. The van der Waals surface area contributed by atoms with Gasteiger partial charge >= 0.3 is 11.9 Å². The van der Waals surface area contributed by atoms with Crippen molar-refractivity contribution < 1.29 is 28.5 Å². The van der Waals surface area contributed by atoms with Gasteiger partial charge in [0.05, 0.1) is 23.6 Å².